The number of guanidine groups is 1. The Bertz CT molecular complexity index is 702. The Morgan fingerprint density at radius 1 is 1.20 bits per heavy atom. The lowest BCUT2D eigenvalue weighted by atomic mass is 10.1. The highest BCUT2D eigenvalue weighted by atomic mass is 16.6. The fourth-order valence-corrected chi connectivity index (χ4v) is 3.31. The molecule has 0 saturated carbocycles. The number of benzene rings is 1. The molecule has 0 aliphatic carbocycles. The maximum absolute atomic E-state index is 11.7. The minimum Gasteiger partial charge on any atom is -0.495 e. The first kappa shape index (κ1) is 23.6. The van der Waals surface area contributed by atoms with Crippen molar-refractivity contribution in [1.82, 2.24) is 16.0 Å². The van der Waals surface area contributed by atoms with E-state index >= 15 is 0 Å². The maximum atomic E-state index is 11.7. The van der Waals surface area contributed by atoms with Gasteiger partial charge in [0.15, 0.2) is 5.96 Å². The zero-order chi connectivity index (χ0) is 22.0. The number of nitrogens with zero attached hydrogens (tertiary/aromatic N) is 2. The number of ether oxygens (including phenoxy) is 2. The molecule has 30 heavy (non-hydrogen) atoms. The van der Waals surface area contributed by atoms with Gasteiger partial charge in [0.25, 0.3) is 0 Å². The number of alkyl carbamates (subject to hydrolysis) is 1. The SMILES string of the molecule is CCNC(=NCC1CCN(c2ccccc2OC)C1)NCCNC(=O)OC(C)(C)C. The number of para-hydroxylation sites is 2. The summed E-state index contributed by atoms with van der Waals surface area (Å²) in [6, 6.07) is 8.14. The third-order valence-corrected chi connectivity index (χ3v) is 4.65. The van der Waals surface area contributed by atoms with Crippen molar-refractivity contribution >= 4 is 17.7 Å². The largest absolute Gasteiger partial charge is 0.495 e. The van der Waals surface area contributed by atoms with Gasteiger partial charge in [0.1, 0.15) is 11.4 Å². The first-order valence-corrected chi connectivity index (χ1v) is 10.7. The van der Waals surface area contributed by atoms with E-state index in [9.17, 15) is 4.79 Å². The van der Waals surface area contributed by atoms with E-state index in [1.165, 1.54) is 0 Å². The van der Waals surface area contributed by atoms with Crippen molar-refractivity contribution in [3.63, 3.8) is 0 Å². The molecule has 1 atom stereocenters. The molecule has 0 aromatic heterocycles. The average Bonchev–Trinajstić information content (AvgIpc) is 3.16. The Morgan fingerprint density at radius 2 is 1.93 bits per heavy atom. The topological polar surface area (TPSA) is 87.2 Å². The predicted molar refractivity (Wildman–Crippen MR) is 122 cm³/mol. The van der Waals surface area contributed by atoms with E-state index < -0.39 is 11.7 Å². The van der Waals surface area contributed by atoms with Gasteiger partial charge in [-0.2, -0.15) is 0 Å². The maximum Gasteiger partial charge on any atom is 0.407 e. The second kappa shape index (κ2) is 11.5. The van der Waals surface area contributed by atoms with Gasteiger partial charge >= 0.3 is 6.09 Å². The summed E-state index contributed by atoms with van der Waals surface area (Å²) in [6.45, 7) is 12.1. The monoisotopic (exact) mass is 419 g/mol. The van der Waals surface area contributed by atoms with Crippen LogP contribution in [0.2, 0.25) is 0 Å². The van der Waals surface area contributed by atoms with E-state index in [0.29, 0.717) is 19.0 Å². The second-order valence-electron chi connectivity index (χ2n) is 8.35. The highest BCUT2D eigenvalue weighted by Gasteiger charge is 2.24. The summed E-state index contributed by atoms with van der Waals surface area (Å²) in [5, 5.41) is 9.26. The molecule has 1 aliphatic rings. The Hall–Kier alpha value is -2.64. The zero-order valence-electron chi connectivity index (χ0n) is 19.0. The van der Waals surface area contributed by atoms with Crippen molar-refractivity contribution in [2.24, 2.45) is 10.9 Å². The molecule has 1 aromatic carbocycles. The summed E-state index contributed by atoms with van der Waals surface area (Å²) in [5.41, 5.74) is 0.650. The number of hydrogen-bond donors (Lipinski definition) is 3. The zero-order valence-corrected chi connectivity index (χ0v) is 19.0. The van der Waals surface area contributed by atoms with Crippen LogP contribution in [0.25, 0.3) is 0 Å². The van der Waals surface area contributed by atoms with Crippen LogP contribution in [0, 0.1) is 5.92 Å². The van der Waals surface area contributed by atoms with E-state index in [-0.39, 0.29) is 0 Å². The summed E-state index contributed by atoms with van der Waals surface area (Å²) < 4.78 is 10.7. The molecule has 0 spiro atoms. The van der Waals surface area contributed by atoms with E-state index in [4.69, 9.17) is 14.5 Å². The summed E-state index contributed by atoms with van der Waals surface area (Å²) in [5.74, 6) is 2.17. The van der Waals surface area contributed by atoms with Crippen molar-refractivity contribution in [3.8, 4) is 5.75 Å². The predicted octanol–water partition coefficient (Wildman–Crippen LogP) is 2.60. The van der Waals surface area contributed by atoms with Crippen molar-refractivity contribution < 1.29 is 14.3 Å². The lowest BCUT2D eigenvalue weighted by Gasteiger charge is -2.21. The molecular formula is C22H37N5O3. The van der Waals surface area contributed by atoms with Gasteiger partial charge in [-0.1, -0.05) is 12.1 Å². The summed E-state index contributed by atoms with van der Waals surface area (Å²) in [4.78, 5) is 18.8. The van der Waals surface area contributed by atoms with E-state index in [0.717, 1.165) is 50.0 Å². The molecule has 1 aliphatic heterocycles. The van der Waals surface area contributed by atoms with Gasteiger partial charge in [-0.25, -0.2) is 4.79 Å². The Labute approximate surface area is 180 Å². The van der Waals surface area contributed by atoms with Crippen LogP contribution in [0.1, 0.15) is 34.1 Å². The number of anilines is 1. The molecule has 1 fully saturated rings. The molecule has 0 radical (unpaired) electrons. The van der Waals surface area contributed by atoms with Crippen molar-refractivity contribution in [3.05, 3.63) is 24.3 Å². The van der Waals surface area contributed by atoms with E-state index in [1.807, 2.05) is 45.9 Å². The van der Waals surface area contributed by atoms with Crippen LogP contribution >= 0.6 is 0 Å². The Balaban J connectivity index is 1.78. The molecule has 1 aromatic rings. The molecule has 2 rings (SSSR count). The summed E-state index contributed by atoms with van der Waals surface area (Å²) >= 11 is 0. The van der Waals surface area contributed by atoms with Gasteiger partial charge in [-0.3, -0.25) is 4.99 Å². The van der Waals surface area contributed by atoms with Gasteiger partial charge in [0.2, 0.25) is 0 Å². The third-order valence-electron chi connectivity index (χ3n) is 4.65. The number of rotatable bonds is 8. The third kappa shape index (κ3) is 8.00. The number of amides is 1. The van der Waals surface area contributed by atoms with Crippen molar-refractivity contribution in [2.75, 3.05) is 51.3 Å². The normalized spacial score (nSPS) is 16.9. The van der Waals surface area contributed by atoms with Crippen LogP contribution in [-0.4, -0.2) is 64.0 Å². The van der Waals surface area contributed by atoms with Crippen LogP contribution in [-0.2, 0) is 4.74 Å². The smallest absolute Gasteiger partial charge is 0.407 e. The molecule has 1 amide bonds. The molecule has 0 bridgehead atoms. The Kier molecular flexibility index (Phi) is 9.08. The number of nitrogens with one attached hydrogen (secondary N) is 3. The first-order valence-electron chi connectivity index (χ1n) is 10.7. The molecule has 168 valence electrons. The highest BCUT2D eigenvalue weighted by molar-refractivity contribution is 5.79. The molecule has 8 nitrogen and oxygen atoms in total. The van der Waals surface area contributed by atoms with Gasteiger partial charge in [0, 0.05) is 39.3 Å². The van der Waals surface area contributed by atoms with Gasteiger partial charge in [-0.15, -0.1) is 0 Å². The van der Waals surface area contributed by atoms with Crippen molar-refractivity contribution in [2.45, 2.75) is 39.7 Å². The summed E-state index contributed by atoms with van der Waals surface area (Å²) in [7, 11) is 1.71. The molecule has 1 saturated heterocycles. The molecule has 8 heteroatoms. The molecular weight excluding hydrogens is 382 g/mol. The number of carbonyl (C=O) groups is 1. The average molecular weight is 420 g/mol. The fourth-order valence-electron chi connectivity index (χ4n) is 3.31. The molecule has 3 N–H and O–H groups in total. The number of aliphatic imine (C=N–C) groups is 1. The minimum atomic E-state index is -0.493. The number of carbonyl (C=O) groups excluding carboxylic acids is 1. The van der Waals surface area contributed by atoms with Crippen LogP contribution in [0.3, 0.4) is 0 Å². The van der Waals surface area contributed by atoms with E-state index in [1.54, 1.807) is 7.11 Å². The van der Waals surface area contributed by atoms with Gasteiger partial charge in [-0.05, 0) is 52.2 Å². The van der Waals surface area contributed by atoms with Crippen LogP contribution in [0.15, 0.2) is 29.3 Å². The van der Waals surface area contributed by atoms with Crippen LogP contribution in [0.5, 0.6) is 5.75 Å². The van der Waals surface area contributed by atoms with Gasteiger partial charge in [0.05, 0.1) is 12.8 Å². The standard InChI is InChI=1S/C22H37N5O3/c1-6-23-20(24-12-13-25-21(28)30-22(2,3)4)26-15-17-11-14-27(16-17)18-9-7-8-10-19(18)29-5/h7-10,17H,6,11-16H2,1-5H3,(H,25,28)(H2,23,24,26). The molecule has 1 heterocycles. The Morgan fingerprint density at radius 3 is 2.63 bits per heavy atom. The number of hydrogen-bond acceptors (Lipinski definition) is 5. The second-order valence-corrected chi connectivity index (χ2v) is 8.35. The molecule has 1 unspecified atom stereocenters. The minimum absolute atomic E-state index is 0.409. The van der Waals surface area contributed by atoms with Gasteiger partial charge < -0.3 is 30.3 Å². The quantitative estimate of drug-likeness (QED) is 0.341. The van der Waals surface area contributed by atoms with Crippen molar-refractivity contribution in [1.29, 1.82) is 0 Å². The fraction of sp³-hybridized carbons (Fsp3) is 0.636. The van der Waals surface area contributed by atoms with Crippen LogP contribution < -0.4 is 25.6 Å². The first-order chi connectivity index (χ1) is 14.3. The lowest BCUT2D eigenvalue weighted by Crippen LogP contribution is -2.42. The lowest BCUT2D eigenvalue weighted by molar-refractivity contribution is 0.0529. The van der Waals surface area contributed by atoms with Crippen LogP contribution in [0.4, 0.5) is 10.5 Å². The van der Waals surface area contributed by atoms with E-state index in [2.05, 4.69) is 26.9 Å². The summed E-state index contributed by atoms with van der Waals surface area (Å²) in [6.07, 6.45) is 0.690. The highest BCUT2D eigenvalue weighted by Crippen LogP contribution is 2.31. The number of methoxy groups -OCH3 is 1.